The Morgan fingerprint density at radius 2 is 1.24 bits per heavy atom. The van der Waals surface area contributed by atoms with Gasteiger partial charge in [0.05, 0.1) is 29.2 Å². The molecule has 0 spiro atoms. The second kappa shape index (κ2) is 15.3. The first-order valence-electron chi connectivity index (χ1n) is 12.9. The molecule has 0 unspecified atom stereocenters. The van der Waals surface area contributed by atoms with Crippen molar-refractivity contribution in [3.63, 3.8) is 0 Å². The van der Waals surface area contributed by atoms with Gasteiger partial charge < -0.3 is 30.6 Å². The summed E-state index contributed by atoms with van der Waals surface area (Å²) in [5, 5.41) is 32.5. The summed E-state index contributed by atoms with van der Waals surface area (Å²) in [7, 11) is 6.29. The van der Waals surface area contributed by atoms with Crippen molar-refractivity contribution in [2.75, 3.05) is 37.9 Å². The zero-order chi connectivity index (χ0) is 31.6. The highest BCUT2D eigenvalue weighted by Gasteiger charge is 2.34. The number of carboxylic acids is 4. The molecule has 42 heavy (non-hydrogen) atoms. The van der Waals surface area contributed by atoms with E-state index in [0.717, 1.165) is 12.8 Å². The molecule has 2 aromatic rings. The minimum absolute atomic E-state index is 0.0306. The molecular formula is C28H34N4O10. The number of fused-ring (bicyclic) bond motifs is 2. The van der Waals surface area contributed by atoms with Crippen LogP contribution in [0, 0.1) is 0 Å². The van der Waals surface area contributed by atoms with E-state index in [4.69, 9.17) is 39.6 Å². The summed E-state index contributed by atoms with van der Waals surface area (Å²) in [6.45, 7) is 0.297. The van der Waals surface area contributed by atoms with Crippen LogP contribution < -0.4 is 10.2 Å². The maximum Gasteiger partial charge on any atom is 0.414 e. The van der Waals surface area contributed by atoms with Gasteiger partial charge in [-0.2, -0.15) is 0 Å². The maximum absolute atomic E-state index is 13.6. The third kappa shape index (κ3) is 8.84. The van der Waals surface area contributed by atoms with E-state index in [1.165, 1.54) is 12.8 Å². The van der Waals surface area contributed by atoms with Crippen LogP contribution in [0.15, 0.2) is 48.5 Å². The number of para-hydroxylation sites is 3. The molecule has 14 heteroatoms. The number of anilines is 3. The molecule has 1 saturated carbocycles. The molecule has 1 aliphatic carbocycles. The smallest absolute Gasteiger partial charge is 0.414 e. The standard InChI is InChI=1S/C24H30N4O2.2C2H2O4/c1-26(2)21-14-8-9-15-22(21)27(3)16-23(29)28-19-12-6-4-10-17(19)24(30)25-18-11-5-7-13-20(18)28;2*3-1(4)2(5)6/h4-7,10-13,21-22H,8-9,14-16H2,1-3H3,(H,25,30);2*(H,3,4)(H,5,6)/t21-,22+;;/m1../s1. The van der Waals surface area contributed by atoms with Gasteiger partial charge >= 0.3 is 23.9 Å². The first kappa shape index (κ1) is 33.4. The van der Waals surface area contributed by atoms with Crippen molar-refractivity contribution in [1.82, 2.24) is 9.80 Å². The Morgan fingerprint density at radius 3 is 1.76 bits per heavy atom. The van der Waals surface area contributed by atoms with E-state index >= 15 is 0 Å². The predicted octanol–water partition coefficient (Wildman–Crippen LogP) is 2.03. The lowest BCUT2D eigenvalue weighted by molar-refractivity contribution is -0.159. The highest BCUT2D eigenvalue weighted by atomic mass is 16.4. The minimum atomic E-state index is -1.82. The summed E-state index contributed by atoms with van der Waals surface area (Å²) >= 11 is 0. The fourth-order valence-electron chi connectivity index (χ4n) is 4.83. The largest absolute Gasteiger partial charge is 0.473 e. The van der Waals surface area contributed by atoms with Gasteiger partial charge in [0.15, 0.2) is 0 Å². The highest BCUT2D eigenvalue weighted by Crippen LogP contribution is 2.38. The summed E-state index contributed by atoms with van der Waals surface area (Å²) in [4.78, 5) is 69.0. The van der Waals surface area contributed by atoms with Crippen LogP contribution in [0.1, 0.15) is 36.0 Å². The lowest BCUT2D eigenvalue weighted by Crippen LogP contribution is -2.52. The molecule has 1 aliphatic heterocycles. The van der Waals surface area contributed by atoms with Gasteiger partial charge in [0, 0.05) is 12.1 Å². The number of carboxylic acid groups (broad SMARTS) is 4. The molecule has 0 bridgehead atoms. The van der Waals surface area contributed by atoms with Crippen LogP contribution in [0.5, 0.6) is 0 Å². The maximum atomic E-state index is 13.6. The van der Waals surface area contributed by atoms with E-state index < -0.39 is 23.9 Å². The molecule has 4 rings (SSSR count). The van der Waals surface area contributed by atoms with Gasteiger partial charge in [-0.15, -0.1) is 0 Å². The van der Waals surface area contributed by atoms with E-state index in [1.807, 2.05) is 49.5 Å². The number of likely N-dealkylation sites (N-methyl/N-ethyl adjacent to an activating group) is 2. The first-order chi connectivity index (χ1) is 19.8. The van der Waals surface area contributed by atoms with Crippen LogP contribution in [0.3, 0.4) is 0 Å². The number of rotatable bonds is 4. The molecule has 2 aliphatic rings. The molecule has 2 atom stereocenters. The lowest BCUT2D eigenvalue weighted by Gasteiger charge is -2.41. The second-order valence-corrected chi connectivity index (χ2v) is 9.74. The molecule has 2 amide bonds. The summed E-state index contributed by atoms with van der Waals surface area (Å²) in [5.41, 5.74) is 2.50. The number of amides is 2. The summed E-state index contributed by atoms with van der Waals surface area (Å²) in [5.74, 6) is -7.52. The minimum Gasteiger partial charge on any atom is -0.473 e. The zero-order valence-corrected chi connectivity index (χ0v) is 23.4. The van der Waals surface area contributed by atoms with Crippen LogP contribution in [-0.2, 0) is 24.0 Å². The van der Waals surface area contributed by atoms with Gasteiger partial charge in [-0.25, -0.2) is 19.2 Å². The molecule has 0 saturated heterocycles. The fourth-order valence-corrected chi connectivity index (χ4v) is 4.83. The van der Waals surface area contributed by atoms with Crippen molar-refractivity contribution in [2.24, 2.45) is 0 Å². The van der Waals surface area contributed by atoms with Crippen molar-refractivity contribution in [3.05, 3.63) is 54.1 Å². The molecule has 1 heterocycles. The third-order valence-electron chi connectivity index (χ3n) is 6.71. The number of hydrogen-bond donors (Lipinski definition) is 5. The van der Waals surface area contributed by atoms with E-state index in [9.17, 15) is 9.59 Å². The van der Waals surface area contributed by atoms with Gasteiger partial charge in [0.1, 0.15) is 0 Å². The Morgan fingerprint density at radius 1 is 0.762 bits per heavy atom. The molecule has 0 radical (unpaired) electrons. The second-order valence-electron chi connectivity index (χ2n) is 9.74. The molecule has 5 N–H and O–H groups in total. The molecule has 1 fully saturated rings. The number of hydrogen-bond acceptors (Lipinski definition) is 8. The first-order valence-corrected chi connectivity index (χ1v) is 12.9. The zero-order valence-electron chi connectivity index (χ0n) is 23.4. The Hall–Kier alpha value is -4.82. The van der Waals surface area contributed by atoms with Crippen LogP contribution in [0.4, 0.5) is 17.1 Å². The molecule has 226 valence electrons. The quantitative estimate of drug-likeness (QED) is 0.326. The Bertz CT molecular complexity index is 1280. The summed E-state index contributed by atoms with van der Waals surface area (Å²) < 4.78 is 0. The summed E-state index contributed by atoms with van der Waals surface area (Å²) in [6, 6.07) is 15.6. The number of aliphatic carboxylic acids is 4. The van der Waals surface area contributed by atoms with Gasteiger partial charge in [-0.05, 0) is 58.3 Å². The number of carbonyl (C=O) groups excluding carboxylic acids is 2. The van der Waals surface area contributed by atoms with Gasteiger partial charge in [0.25, 0.3) is 5.91 Å². The van der Waals surface area contributed by atoms with E-state index in [2.05, 4.69) is 29.2 Å². The number of carbonyl (C=O) groups is 6. The third-order valence-corrected chi connectivity index (χ3v) is 6.71. The van der Waals surface area contributed by atoms with E-state index in [1.54, 1.807) is 11.0 Å². The van der Waals surface area contributed by atoms with Gasteiger partial charge in [-0.1, -0.05) is 37.1 Å². The molecular weight excluding hydrogens is 552 g/mol. The molecule has 2 aromatic carbocycles. The van der Waals surface area contributed by atoms with Crippen molar-refractivity contribution < 1.29 is 49.2 Å². The predicted molar refractivity (Wildman–Crippen MR) is 151 cm³/mol. The van der Waals surface area contributed by atoms with E-state index in [-0.39, 0.29) is 11.8 Å². The van der Waals surface area contributed by atoms with Crippen molar-refractivity contribution >= 4 is 52.8 Å². The number of nitrogens with one attached hydrogen (secondary N) is 1. The Balaban J connectivity index is 0.000000434. The number of nitrogens with zero attached hydrogens (tertiary/aromatic N) is 3. The molecule has 0 aromatic heterocycles. The van der Waals surface area contributed by atoms with Gasteiger partial charge in [0.2, 0.25) is 5.91 Å². The Labute approximate surface area is 241 Å². The SMILES string of the molecule is CN(C)[C@@H]1CCCC[C@@H]1N(C)CC(=O)N1c2ccccc2NC(=O)c2ccccc21.O=C(O)C(=O)O.O=C(O)C(=O)O. The van der Waals surface area contributed by atoms with Crippen molar-refractivity contribution in [2.45, 2.75) is 37.8 Å². The van der Waals surface area contributed by atoms with Crippen LogP contribution in [0.25, 0.3) is 0 Å². The fraction of sp³-hybridized carbons (Fsp3) is 0.357. The monoisotopic (exact) mass is 586 g/mol. The molecule has 14 nitrogen and oxygen atoms in total. The Kier molecular flexibility index (Phi) is 12.1. The van der Waals surface area contributed by atoms with Crippen LogP contribution in [-0.4, -0.2) is 106 Å². The normalized spacial score (nSPS) is 17.2. The van der Waals surface area contributed by atoms with Crippen molar-refractivity contribution in [1.29, 1.82) is 0 Å². The average molecular weight is 587 g/mol. The topological polar surface area (TPSA) is 205 Å². The van der Waals surface area contributed by atoms with E-state index in [0.29, 0.717) is 41.3 Å². The van der Waals surface area contributed by atoms with Crippen LogP contribution >= 0.6 is 0 Å². The van der Waals surface area contributed by atoms with Crippen molar-refractivity contribution in [3.8, 4) is 0 Å². The number of benzene rings is 2. The van der Waals surface area contributed by atoms with Gasteiger partial charge in [-0.3, -0.25) is 19.4 Å². The summed E-state index contributed by atoms with van der Waals surface area (Å²) in [6.07, 6.45) is 4.69. The lowest BCUT2D eigenvalue weighted by atomic mass is 9.88. The van der Waals surface area contributed by atoms with Crippen LogP contribution in [0.2, 0.25) is 0 Å². The average Bonchev–Trinajstić information content (AvgIpc) is 3.07. The highest BCUT2D eigenvalue weighted by molar-refractivity contribution is 6.28.